The van der Waals surface area contributed by atoms with Crippen LogP contribution in [0.5, 0.6) is 0 Å². The molecule has 1 aliphatic carbocycles. The molecular weight excluding hydrogens is 286 g/mol. The molecule has 2 N–H and O–H groups in total. The summed E-state index contributed by atoms with van der Waals surface area (Å²) in [5.74, 6) is 0. The van der Waals surface area contributed by atoms with Crippen LogP contribution < -0.4 is 5.73 Å². The first-order valence-electron chi connectivity index (χ1n) is 5.17. The number of fused-ring (bicyclic) bond motifs is 1. The van der Waals surface area contributed by atoms with E-state index in [4.69, 9.17) is 5.73 Å². The quantitative estimate of drug-likeness (QED) is 0.847. The molecule has 1 aliphatic rings. The highest BCUT2D eigenvalue weighted by atomic mass is 79.9. The van der Waals surface area contributed by atoms with E-state index in [-0.39, 0.29) is 17.9 Å². The fourth-order valence-corrected chi connectivity index (χ4v) is 2.57. The molecule has 16 heavy (non-hydrogen) atoms. The second-order valence-corrected chi connectivity index (χ2v) is 5.25. The summed E-state index contributed by atoms with van der Waals surface area (Å²) in [6.45, 7) is 0. The van der Waals surface area contributed by atoms with Gasteiger partial charge in [-0.05, 0) is 41.3 Å². The largest absolute Gasteiger partial charge is 0.321 e. The SMILES string of the molecule is Cl.NC1(c2cc(Br)cc3ccccc23)CC1. The number of hydrogen-bond acceptors (Lipinski definition) is 1. The second kappa shape index (κ2) is 4.02. The molecule has 1 nitrogen and oxygen atoms in total. The minimum atomic E-state index is -0.0661. The zero-order chi connectivity index (χ0) is 10.5. The van der Waals surface area contributed by atoms with Gasteiger partial charge >= 0.3 is 0 Å². The van der Waals surface area contributed by atoms with Crippen LogP contribution in [0.15, 0.2) is 40.9 Å². The summed E-state index contributed by atoms with van der Waals surface area (Å²) in [4.78, 5) is 0. The van der Waals surface area contributed by atoms with E-state index in [2.05, 4.69) is 52.3 Å². The maximum Gasteiger partial charge on any atom is 0.0417 e. The molecule has 0 atom stereocenters. The molecule has 0 spiro atoms. The summed E-state index contributed by atoms with van der Waals surface area (Å²) >= 11 is 3.55. The van der Waals surface area contributed by atoms with E-state index < -0.39 is 0 Å². The standard InChI is InChI=1S/C13H12BrN.ClH/c14-10-7-9-3-1-2-4-11(9)12(8-10)13(15)5-6-13;/h1-4,7-8H,5-6,15H2;1H. The molecule has 0 unspecified atom stereocenters. The summed E-state index contributed by atoms with van der Waals surface area (Å²) in [6.07, 6.45) is 2.21. The maximum atomic E-state index is 6.28. The monoisotopic (exact) mass is 297 g/mol. The first-order valence-corrected chi connectivity index (χ1v) is 5.96. The average Bonchev–Trinajstić information content (AvgIpc) is 2.96. The molecule has 3 rings (SSSR count). The first-order chi connectivity index (χ1) is 7.19. The van der Waals surface area contributed by atoms with Crippen molar-refractivity contribution < 1.29 is 0 Å². The molecule has 2 aromatic carbocycles. The third-order valence-corrected chi connectivity index (χ3v) is 3.61. The highest BCUT2D eigenvalue weighted by Crippen LogP contribution is 2.46. The summed E-state index contributed by atoms with van der Waals surface area (Å²) in [5.41, 5.74) is 7.50. The fourth-order valence-electron chi connectivity index (χ4n) is 2.09. The van der Waals surface area contributed by atoms with E-state index in [1.54, 1.807) is 0 Å². The number of nitrogens with two attached hydrogens (primary N) is 1. The lowest BCUT2D eigenvalue weighted by atomic mass is 9.98. The number of rotatable bonds is 1. The van der Waals surface area contributed by atoms with Gasteiger partial charge < -0.3 is 5.73 Å². The van der Waals surface area contributed by atoms with Gasteiger partial charge in [0.05, 0.1) is 0 Å². The van der Waals surface area contributed by atoms with Crippen molar-refractivity contribution in [3.8, 4) is 0 Å². The molecule has 0 saturated heterocycles. The molecule has 1 fully saturated rings. The van der Waals surface area contributed by atoms with Crippen molar-refractivity contribution >= 4 is 39.1 Å². The topological polar surface area (TPSA) is 26.0 Å². The Morgan fingerprint density at radius 3 is 2.50 bits per heavy atom. The third-order valence-electron chi connectivity index (χ3n) is 3.15. The van der Waals surface area contributed by atoms with Gasteiger partial charge in [0.2, 0.25) is 0 Å². The van der Waals surface area contributed by atoms with Crippen LogP contribution in [0.3, 0.4) is 0 Å². The Hall–Kier alpha value is -0.570. The molecule has 2 aromatic rings. The molecule has 0 heterocycles. The normalized spacial score (nSPS) is 16.9. The van der Waals surface area contributed by atoms with E-state index in [1.165, 1.54) is 16.3 Å². The summed E-state index contributed by atoms with van der Waals surface area (Å²) in [7, 11) is 0. The van der Waals surface area contributed by atoms with Crippen LogP contribution in [0, 0.1) is 0 Å². The van der Waals surface area contributed by atoms with Gasteiger partial charge in [-0.3, -0.25) is 0 Å². The van der Waals surface area contributed by atoms with Gasteiger partial charge in [0.15, 0.2) is 0 Å². The van der Waals surface area contributed by atoms with Gasteiger partial charge in [-0.25, -0.2) is 0 Å². The smallest absolute Gasteiger partial charge is 0.0417 e. The van der Waals surface area contributed by atoms with E-state index >= 15 is 0 Å². The minimum Gasteiger partial charge on any atom is -0.321 e. The Kier molecular flexibility index (Phi) is 2.99. The predicted octanol–water partition coefficient (Wildman–Crippen LogP) is 3.97. The van der Waals surface area contributed by atoms with Crippen LogP contribution in [0.2, 0.25) is 0 Å². The fraction of sp³-hybridized carbons (Fsp3) is 0.231. The highest BCUT2D eigenvalue weighted by Gasteiger charge is 2.41. The Morgan fingerprint density at radius 2 is 1.81 bits per heavy atom. The third kappa shape index (κ3) is 1.86. The van der Waals surface area contributed by atoms with Gasteiger partial charge in [-0.15, -0.1) is 12.4 Å². The lowest BCUT2D eigenvalue weighted by Crippen LogP contribution is -2.19. The van der Waals surface area contributed by atoms with Crippen molar-refractivity contribution in [2.75, 3.05) is 0 Å². The van der Waals surface area contributed by atoms with Crippen LogP contribution >= 0.6 is 28.3 Å². The zero-order valence-corrected chi connectivity index (χ0v) is 11.1. The summed E-state index contributed by atoms with van der Waals surface area (Å²) < 4.78 is 1.12. The molecule has 84 valence electrons. The van der Waals surface area contributed by atoms with Crippen molar-refractivity contribution in [3.63, 3.8) is 0 Å². The van der Waals surface area contributed by atoms with Crippen LogP contribution in [0.25, 0.3) is 10.8 Å². The first kappa shape index (κ1) is 11.9. The Bertz CT molecular complexity index is 534. The zero-order valence-electron chi connectivity index (χ0n) is 8.74. The molecule has 0 aromatic heterocycles. The second-order valence-electron chi connectivity index (χ2n) is 4.33. The van der Waals surface area contributed by atoms with Crippen molar-refractivity contribution in [2.24, 2.45) is 5.73 Å². The van der Waals surface area contributed by atoms with Crippen molar-refractivity contribution in [1.82, 2.24) is 0 Å². The summed E-state index contributed by atoms with van der Waals surface area (Å²) in [5, 5.41) is 2.55. The van der Waals surface area contributed by atoms with Gasteiger partial charge in [0.25, 0.3) is 0 Å². The number of halogens is 2. The molecule has 1 saturated carbocycles. The molecule has 3 heteroatoms. The number of benzene rings is 2. The lowest BCUT2D eigenvalue weighted by molar-refractivity contribution is 0.747. The molecule has 0 bridgehead atoms. The Labute approximate surface area is 110 Å². The van der Waals surface area contributed by atoms with Gasteiger partial charge in [0.1, 0.15) is 0 Å². The van der Waals surface area contributed by atoms with E-state index in [1.807, 2.05) is 0 Å². The number of hydrogen-bond donors (Lipinski definition) is 1. The van der Waals surface area contributed by atoms with Crippen molar-refractivity contribution in [1.29, 1.82) is 0 Å². The molecule has 0 radical (unpaired) electrons. The molecule has 0 aliphatic heterocycles. The van der Waals surface area contributed by atoms with Gasteiger partial charge in [-0.1, -0.05) is 40.2 Å². The van der Waals surface area contributed by atoms with E-state index in [9.17, 15) is 0 Å². The van der Waals surface area contributed by atoms with Crippen molar-refractivity contribution in [2.45, 2.75) is 18.4 Å². The van der Waals surface area contributed by atoms with Gasteiger partial charge in [0, 0.05) is 10.0 Å². The highest BCUT2D eigenvalue weighted by molar-refractivity contribution is 9.10. The maximum absolute atomic E-state index is 6.28. The van der Waals surface area contributed by atoms with Crippen LogP contribution in [0.1, 0.15) is 18.4 Å². The van der Waals surface area contributed by atoms with Gasteiger partial charge in [-0.2, -0.15) is 0 Å². The van der Waals surface area contributed by atoms with E-state index in [0.29, 0.717) is 0 Å². The van der Waals surface area contributed by atoms with Crippen molar-refractivity contribution in [3.05, 3.63) is 46.4 Å². The minimum absolute atomic E-state index is 0. The van der Waals surface area contributed by atoms with Crippen LogP contribution in [-0.2, 0) is 5.54 Å². The summed E-state index contributed by atoms with van der Waals surface area (Å²) in [6, 6.07) is 12.7. The lowest BCUT2D eigenvalue weighted by Gasteiger charge is -2.13. The van der Waals surface area contributed by atoms with Crippen LogP contribution in [0.4, 0.5) is 0 Å². The molecular formula is C13H13BrClN. The average molecular weight is 299 g/mol. The van der Waals surface area contributed by atoms with E-state index in [0.717, 1.165) is 17.3 Å². The Balaban J connectivity index is 0.000000963. The molecule has 0 amide bonds. The predicted molar refractivity (Wildman–Crippen MR) is 74.0 cm³/mol. The van der Waals surface area contributed by atoms with Crippen LogP contribution in [-0.4, -0.2) is 0 Å². The Morgan fingerprint density at radius 1 is 1.12 bits per heavy atom.